The maximum Gasteiger partial charge on any atom is 0.258 e. The Morgan fingerprint density at radius 1 is 1.14 bits per heavy atom. The molecule has 0 saturated carbocycles. The third-order valence-electron chi connectivity index (χ3n) is 3.75. The van der Waals surface area contributed by atoms with Gasteiger partial charge >= 0.3 is 0 Å². The number of rotatable bonds is 2. The van der Waals surface area contributed by atoms with Gasteiger partial charge in [-0.25, -0.2) is 0 Å². The lowest BCUT2D eigenvalue weighted by atomic mass is 10.0. The first kappa shape index (κ1) is 14.4. The van der Waals surface area contributed by atoms with Gasteiger partial charge < -0.3 is 4.57 Å². The second-order valence-electron chi connectivity index (χ2n) is 5.19. The molecule has 0 aliphatic carbocycles. The summed E-state index contributed by atoms with van der Waals surface area (Å²) in [6.07, 6.45) is 1.65. The average Bonchev–Trinajstić information content (AvgIpc) is 2.87. The minimum Gasteiger partial charge on any atom is -0.311 e. The van der Waals surface area contributed by atoms with Crippen LogP contribution in [0.3, 0.4) is 0 Å². The number of halogens is 2. The molecule has 0 radical (unpaired) electrons. The van der Waals surface area contributed by atoms with Crippen molar-refractivity contribution in [1.82, 2.24) is 4.57 Å². The molecule has 0 saturated heterocycles. The van der Waals surface area contributed by atoms with Crippen molar-refractivity contribution in [2.24, 2.45) is 0 Å². The molecule has 0 amide bonds. The van der Waals surface area contributed by atoms with E-state index in [1.165, 1.54) is 6.92 Å². The lowest BCUT2D eigenvalue weighted by molar-refractivity contribution is 0.101. The van der Waals surface area contributed by atoms with Crippen molar-refractivity contribution in [2.75, 3.05) is 0 Å². The molecule has 5 heteroatoms. The van der Waals surface area contributed by atoms with Crippen molar-refractivity contribution < 1.29 is 4.79 Å². The summed E-state index contributed by atoms with van der Waals surface area (Å²) >= 11 is 12.0. The SMILES string of the molecule is CC(=O)c1cc(-c2cc(Cl)cc(Cl)c2)c(=O)n2c1CCC2. The zero-order chi connectivity index (χ0) is 15.1. The van der Waals surface area contributed by atoms with Gasteiger partial charge in [-0.2, -0.15) is 0 Å². The molecule has 21 heavy (non-hydrogen) atoms. The number of benzene rings is 1. The van der Waals surface area contributed by atoms with Gasteiger partial charge in [-0.1, -0.05) is 23.2 Å². The van der Waals surface area contributed by atoms with Gasteiger partial charge in [0, 0.05) is 33.4 Å². The molecule has 0 unspecified atom stereocenters. The molecule has 0 atom stereocenters. The normalized spacial score (nSPS) is 13.3. The standard InChI is InChI=1S/C16H13Cl2NO2/c1-9(20)13-8-14(10-5-11(17)7-12(18)6-10)16(21)19-4-2-3-15(13)19/h5-8H,2-4H2,1H3. The molecule has 0 bridgehead atoms. The molecule has 1 aliphatic heterocycles. The second-order valence-corrected chi connectivity index (χ2v) is 6.07. The number of carbonyl (C=O) groups excluding carboxylic acids is 1. The highest BCUT2D eigenvalue weighted by Gasteiger charge is 2.22. The molecule has 1 aromatic heterocycles. The summed E-state index contributed by atoms with van der Waals surface area (Å²) in [5.41, 5.74) is 2.46. The van der Waals surface area contributed by atoms with Gasteiger partial charge in [0.25, 0.3) is 5.56 Å². The largest absolute Gasteiger partial charge is 0.311 e. The number of fused-ring (bicyclic) bond motifs is 1. The molecule has 3 rings (SSSR count). The molecule has 3 nitrogen and oxygen atoms in total. The van der Waals surface area contributed by atoms with E-state index < -0.39 is 0 Å². The lowest BCUT2D eigenvalue weighted by Gasteiger charge is -2.12. The second kappa shape index (κ2) is 5.32. The molecule has 1 aliphatic rings. The molecule has 0 spiro atoms. The van der Waals surface area contributed by atoms with Gasteiger partial charge in [-0.05, 0) is 49.6 Å². The highest BCUT2D eigenvalue weighted by Crippen LogP contribution is 2.28. The van der Waals surface area contributed by atoms with Crippen molar-refractivity contribution in [3.63, 3.8) is 0 Å². The Hall–Kier alpha value is -1.58. The lowest BCUT2D eigenvalue weighted by Crippen LogP contribution is -2.23. The third-order valence-corrected chi connectivity index (χ3v) is 4.19. The van der Waals surface area contributed by atoms with Crippen molar-refractivity contribution in [3.8, 4) is 11.1 Å². The molecule has 0 N–H and O–H groups in total. The average molecular weight is 322 g/mol. The maximum absolute atomic E-state index is 12.6. The van der Waals surface area contributed by atoms with E-state index in [0.717, 1.165) is 18.5 Å². The van der Waals surface area contributed by atoms with Crippen molar-refractivity contribution in [3.05, 3.63) is 55.9 Å². The Morgan fingerprint density at radius 2 is 1.81 bits per heavy atom. The van der Waals surface area contributed by atoms with Gasteiger partial charge in [-0.15, -0.1) is 0 Å². The van der Waals surface area contributed by atoms with Crippen LogP contribution in [-0.4, -0.2) is 10.4 Å². The van der Waals surface area contributed by atoms with Gasteiger partial charge in [0.2, 0.25) is 0 Å². The Bertz CT molecular complexity index is 788. The maximum atomic E-state index is 12.6. The first-order valence-electron chi connectivity index (χ1n) is 6.71. The topological polar surface area (TPSA) is 39.1 Å². The van der Waals surface area contributed by atoms with Gasteiger partial charge in [0.15, 0.2) is 5.78 Å². The third kappa shape index (κ3) is 2.52. The zero-order valence-corrected chi connectivity index (χ0v) is 13.0. The summed E-state index contributed by atoms with van der Waals surface area (Å²) in [5, 5.41) is 0.929. The van der Waals surface area contributed by atoms with Gasteiger partial charge in [0.05, 0.1) is 0 Å². The molecule has 0 fully saturated rings. The number of pyridine rings is 1. The van der Waals surface area contributed by atoms with E-state index in [4.69, 9.17) is 23.2 Å². The Morgan fingerprint density at radius 3 is 2.43 bits per heavy atom. The fourth-order valence-corrected chi connectivity index (χ4v) is 3.36. The summed E-state index contributed by atoms with van der Waals surface area (Å²) in [4.78, 5) is 24.5. The molecular formula is C16H13Cl2NO2. The van der Waals surface area contributed by atoms with E-state index in [1.54, 1.807) is 28.8 Å². The van der Waals surface area contributed by atoms with Gasteiger partial charge in [0.1, 0.15) is 0 Å². The van der Waals surface area contributed by atoms with E-state index in [9.17, 15) is 9.59 Å². The van der Waals surface area contributed by atoms with E-state index >= 15 is 0 Å². The smallest absolute Gasteiger partial charge is 0.258 e. The minimum atomic E-state index is -0.0918. The number of ketones is 1. The predicted octanol–water partition coefficient (Wildman–Crippen LogP) is 3.97. The summed E-state index contributed by atoms with van der Waals surface area (Å²) in [5.74, 6) is -0.0324. The fraction of sp³-hybridized carbons (Fsp3) is 0.250. The fourth-order valence-electron chi connectivity index (χ4n) is 2.83. The minimum absolute atomic E-state index is 0.0324. The molecule has 1 aromatic carbocycles. The Labute approximate surface area is 132 Å². The number of aromatic nitrogens is 1. The summed E-state index contributed by atoms with van der Waals surface area (Å²) in [6, 6.07) is 6.67. The van der Waals surface area contributed by atoms with Crippen molar-refractivity contribution in [2.45, 2.75) is 26.3 Å². The zero-order valence-electron chi connectivity index (χ0n) is 11.5. The van der Waals surface area contributed by atoms with Crippen LogP contribution < -0.4 is 5.56 Å². The van der Waals surface area contributed by atoms with Crippen molar-refractivity contribution in [1.29, 1.82) is 0 Å². The number of hydrogen-bond donors (Lipinski definition) is 0. The van der Waals surface area contributed by atoms with Crippen molar-refractivity contribution >= 4 is 29.0 Å². The van der Waals surface area contributed by atoms with Crippen LogP contribution in [-0.2, 0) is 13.0 Å². The van der Waals surface area contributed by atoms with Crippen LogP contribution >= 0.6 is 23.2 Å². The van der Waals surface area contributed by atoms with Crippen LogP contribution in [0, 0.1) is 0 Å². The van der Waals surface area contributed by atoms with Crippen LogP contribution in [0.2, 0.25) is 10.0 Å². The molecule has 2 aromatic rings. The highest BCUT2D eigenvalue weighted by molar-refractivity contribution is 6.35. The number of hydrogen-bond acceptors (Lipinski definition) is 2. The number of carbonyl (C=O) groups is 1. The highest BCUT2D eigenvalue weighted by atomic mass is 35.5. The van der Waals surface area contributed by atoms with Gasteiger partial charge in [-0.3, -0.25) is 9.59 Å². The summed E-state index contributed by atoms with van der Waals surface area (Å²) < 4.78 is 1.70. The van der Waals surface area contributed by atoms with Crippen LogP contribution in [0.5, 0.6) is 0 Å². The Balaban J connectivity index is 2.31. The molecule has 2 heterocycles. The van der Waals surface area contributed by atoms with E-state index in [2.05, 4.69) is 0 Å². The van der Waals surface area contributed by atoms with Crippen LogP contribution in [0.4, 0.5) is 0 Å². The quantitative estimate of drug-likeness (QED) is 0.785. The monoisotopic (exact) mass is 321 g/mol. The van der Waals surface area contributed by atoms with E-state index in [1.807, 2.05) is 0 Å². The van der Waals surface area contributed by atoms with Crippen LogP contribution in [0.25, 0.3) is 11.1 Å². The number of nitrogens with zero attached hydrogens (tertiary/aromatic N) is 1. The number of Topliss-reactive ketones (excluding diaryl/α,β-unsaturated/α-hetero) is 1. The molecular weight excluding hydrogens is 309 g/mol. The predicted molar refractivity (Wildman–Crippen MR) is 84.5 cm³/mol. The van der Waals surface area contributed by atoms with Crippen LogP contribution in [0.1, 0.15) is 29.4 Å². The van der Waals surface area contributed by atoms with E-state index in [0.29, 0.717) is 33.3 Å². The molecule has 108 valence electrons. The van der Waals surface area contributed by atoms with E-state index in [-0.39, 0.29) is 11.3 Å². The van der Waals surface area contributed by atoms with Crippen LogP contribution in [0.15, 0.2) is 29.1 Å². The first-order chi connectivity index (χ1) is 9.97. The summed E-state index contributed by atoms with van der Waals surface area (Å²) in [6.45, 7) is 2.17. The Kier molecular flexibility index (Phi) is 3.64. The first-order valence-corrected chi connectivity index (χ1v) is 7.47. The summed E-state index contributed by atoms with van der Waals surface area (Å²) in [7, 11) is 0.